The van der Waals surface area contributed by atoms with E-state index in [4.69, 9.17) is 4.42 Å². The summed E-state index contributed by atoms with van der Waals surface area (Å²) in [6, 6.07) is 8.96. The average Bonchev–Trinajstić information content (AvgIpc) is 2.88. The van der Waals surface area contributed by atoms with Gasteiger partial charge in [0.15, 0.2) is 0 Å². The quantitative estimate of drug-likeness (QED) is 0.904. The highest BCUT2D eigenvalue weighted by molar-refractivity contribution is 5.53. The van der Waals surface area contributed by atoms with E-state index in [1.54, 1.807) is 12.3 Å². The highest BCUT2D eigenvalue weighted by atomic mass is 19.1. The molecule has 1 heterocycles. The van der Waals surface area contributed by atoms with Crippen LogP contribution in [0.1, 0.15) is 32.1 Å². The third-order valence-electron chi connectivity index (χ3n) is 3.27. The molecule has 0 aliphatic carbocycles. The van der Waals surface area contributed by atoms with Gasteiger partial charge in [0.25, 0.3) is 0 Å². The van der Waals surface area contributed by atoms with E-state index < -0.39 is 0 Å². The van der Waals surface area contributed by atoms with Crippen molar-refractivity contribution in [1.29, 1.82) is 0 Å². The minimum atomic E-state index is -0.185. The molecule has 0 amide bonds. The summed E-state index contributed by atoms with van der Waals surface area (Å²) in [6.45, 7) is 7.31. The van der Waals surface area contributed by atoms with E-state index in [1.807, 2.05) is 30.1 Å². The molecule has 1 N–H and O–H groups in total. The lowest BCUT2D eigenvalue weighted by Crippen LogP contribution is -2.35. The lowest BCUT2D eigenvalue weighted by molar-refractivity contribution is 0.418. The molecule has 114 valence electrons. The second-order valence-corrected chi connectivity index (χ2v) is 6.28. The fourth-order valence-corrected chi connectivity index (χ4v) is 2.15. The van der Waals surface area contributed by atoms with E-state index >= 15 is 0 Å². The SMILES string of the molecule is CN(Cc1ccco1)c1cccc(F)c1CNC(C)(C)C. The van der Waals surface area contributed by atoms with Crippen LogP contribution in [-0.4, -0.2) is 12.6 Å². The van der Waals surface area contributed by atoms with Gasteiger partial charge < -0.3 is 14.6 Å². The van der Waals surface area contributed by atoms with Gasteiger partial charge in [0.05, 0.1) is 12.8 Å². The lowest BCUT2D eigenvalue weighted by atomic mass is 10.1. The fraction of sp³-hybridized carbons (Fsp3) is 0.412. The third kappa shape index (κ3) is 4.33. The Morgan fingerprint density at radius 3 is 2.57 bits per heavy atom. The Morgan fingerprint density at radius 2 is 1.95 bits per heavy atom. The topological polar surface area (TPSA) is 28.4 Å². The van der Waals surface area contributed by atoms with Crippen LogP contribution >= 0.6 is 0 Å². The number of nitrogens with one attached hydrogen (secondary N) is 1. The van der Waals surface area contributed by atoms with Gasteiger partial charge in [-0.15, -0.1) is 0 Å². The summed E-state index contributed by atoms with van der Waals surface area (Å²) in [5, 5.41) is 3.34. The zero-order valence-corrected chi connectivity index (χ0v) is 13.1. The lowest BCUT2D eigenvalue weighted by Gasteiger charge is -2.25. The van der Waals surface area contributed by atoms with Gasteiger partial charge >= 0.3 is 0 Å². The number of halogens is 1. The van der Waals surface area contributed by atoms with Gasteiger partial charge in [-0.3, -0.25) is 0 Å². The van der Waals surface area contributed by atoms with E-state index in [2.05, 4.69) is 26.1 Å². The molecule has 2 aromatic rings. The molecule has 0 atom stereocenters. The number of hydrogen-bond acceptors (Lipinski definition) is 3. The minimum Gasteiger partial charge on any atom is -0.467 e. The van der Waals surface area contributed by atoms with Crippen molar-refractivity contribution in [3.63, 3.8) is 0 Å². The van der Waals surface area contributed by atoms with Crippen molar-refractivity contribution >= 4 is 5.69 Å². The average molecular weight is 290 g/mol. The molecule has 2 rings (SSSR count). The van der Waals surface area contributed by atoms with Crippen LogP contribution in [0, 0.1) is 5.82 Å². The molecular formula is C17H23FN2O. The minimum absolute atomic E-state index is 0.0564. The summed E-state index contributed by atoms with van der Waals surface area (Å²) in [6.07, 6.45) is 1.65. The van der Waals surface area contributed by atoms with Crippen LogP contribution in [0.2, 0.25) is 0 Å². The maximum absolute atomic E-state index is 14.2. The van der Waals surface area contributed by atoms with Crippen LogP contribution in [-0.2, 0) is 13.1 Å². The van der Waals surface area contributed by atoms with Gasteiger partial charge in [-0.25, -0.2) is 4.39 Å². The molecule has 3 nitrogen and oxygen atoms in total. The Morgan fingerprint density at radius 1 is 1.19 bits per heavy atom. The van der Waals surface area contributed by atoms with E-state index in [0.717, 1.165) is 11.4 Å². The third-order valence-corrected chi connectivity index (χ3v) is 3.27. The molecule has 0 spiro atoms. The van der Waals surface area contributed by atoms with Gasteiger partial charge in [0.1, 0.15) is 11.6 Å². The van der Waals surface area contributed by atoms with Crippen molar-refractivity contribution in [3.8, 4) is 0 Å². The summed E-state index contributed by atoms with van der Waals surface area (Å²) in [5.41, 5.74) is 1.50. The maximum Gasteiger partial charge on any atom is 0.129 e. The van der Waals surface area contributed by atoms with Crippen LogP contribution in [0.4, 0.5) is 10.1 Å². The maximum atomic E-state index is 14.2. The second-order valence-electron chi connectivity index (χ2n) is 6.28. The van der Waals surface area contributed by atoms with Crippen molar-refractivity contribution in [2.75, 3.05) is 11.9 Å². The van der Waals surface area contributed by atoms with E-state index in [9.17, 15) is 4.39 Å². The molecule has 1 aromatic heterocycles. The summed E-state index contributed by atoms with van der Waals surface area (Å²) >= 11 is 0. The molecule has 0 unspecified atom stereocenters. The van der Waals surface area contributed by atoms with Gasteiger partial charge in [0.2, 0.25) is 0 Å². The first-order valence-corrected chi connectivity index (χ1v) is 7.13. The van der Waals surface area contributed by atoms with Crippen LogP contribution in [0.15, 0.2) is 41.0 Å². The van der Waals surface area contributed by atoms with Crippen molar-refractivity contribution in [1.82, 2.24) is 5.32 Å². The Balaban J connectivity index is 2.20. The van der Waals surface area contributed by atoms with Gasteiger partial charge in [-0.2, -0.15) is 0 Å². The number of rotatable bonds is 5. The van der Waals surface area contributed by atoms with Crippen LogP contribution < -0.4 is 10.2 Å². The number of hydrogen-bond donors (Lipinski definition) is 1. The predicted molar refractivity (Wildman–Crippen MR) is 83.8 cm³/mol. The van der Waals surface area contributed by atoms with Crippen LogP contribution in [0.5, 0.6) is 0 Å². The first-order chi connectivity index (χ1) is 9.87. The predicted octanol–water partition coefficient (Wildman–Crippen LogP) is 3.94. The smallest absolute Gasteiger partial charge is 0.129 e. The van der Waals surface area contributed by atoms with Gasteiger partial charge in [0, 0.05) is 30.4 Å². The fourth-order valence-electron chi connectivity index (χ4n) is 2.15. The summed E-state index contributed by atoms with van der Waals surface area (Å²) < 4.78 is 19.5. The number of benzene rings is 1. The molecule has 0 aliphatic rings. The summed E-state index contributed by atoms with van der Waals surface area (Å²) in [7, 11) is 1.94. The molecule has 0 bridgehead atoms. The summed E-state index contributed by atoms with van der Waals surface area (Å²) in [4.78, 5) is 2.00. The van der Waals surface area contributed by atoms with Crippen molar-refractivity contribution in [3.05, 3.63) is 53.7 Å². The molecule has 4 heteroatoms. The second kappa shape index (κ2) is 6.31. The molecule has 0 fully saturated rings. The molecule has 0 saturated heterocycles. The Kier molecular flexibility index (Phi) is 4.68. The molecule has 21 heavy (non-hydrogen) atoms. The van der Waals surface area contributed by atoms with Gasteiger partial charge in [-0.05, 0) is 45.0 Å². The Hall–Kier alpha value is -1.81. The van der Waals surface area contributed by atoms with Crippen molar-refractivity contribution in [2.24, 2.45) is 0 Å². The molecular weight excluding hydrogens is 267 g/mol. The Labute approximate surface area is 125 Å². The monoisotopic (exact) mass is 290 g/mol. The van der Waals surface area contributed by atoms with Gasteiger partial charge in [-0.1, -0.05) is 6.07 Å². The normalized spacial score (nSPS) is 11.7. The standard InChI is InChI=1S/C17H23FN2O/c1-17(2,3)19-11-14-15(18)8-5-9-16(14)20(4)12-13-7-6-10-21-13/h5-10,19H,11-12H2,1-4H3. The highest BCUT2D eigenvalue weighted by Gasteiger charge is 2.16. The molecule has 0 aliphatic heterocycles. The molecule has 0 radical (unpaired) electrons. The molecule has 1 aromatic carbocycles. The number of nitrogens with zero attached hydrogens (tertiary/aromatic N) is 1. The van der Waals surface area contributed by atoms with E-state index in [1.165, 1.54) is 6.07 Å². The molecule has 0 saturated carbocycles. The number of furan rings is 1. The van der Waals surface area contributed by atoms with Crippen molar-refractivity contribution < 1.29 is 8.81 Å². The Bertz CT molecular complexity index is 573. The van der Waals surface area contributed by atoms with Crippen LogP contribution in [0.25, 0.3) is 0 Å². The van der Waals surface area contributed by atoms with Crippen molar-refractivity contribution in [2.45, 2.75) is 39.4 Å². The van der Waals surface area contributed by atoms with E-state index in [-0.39, 0.29) is 11.4 Å². The summed E-state index contributed by atoms with van der Waals surface area (Å²) in [5.74, 6) is 0.673. The zero-order valence-electron chi connectivity index (χ0n) is 13.1. The zero-order chi connectivity index (χ0) is 15.5. The first kappa shape index (κ1) is 15.6. The number of anilines is 1. The first-order valence-electron chi connectivity index (χ1n) is 7.13. The highest BCUT2D eigenvalue weighted by Crippen LogP contribution is 2.24. The largest absolute Gasteiger partial charge is 0.467 e. The van der Waals surface area contributed by atoms with Crippen LogP contribution in [0.3, 0.4) is 0 Å². The van der Waals surface area contributed by atoms with E-state index in [0.29, 0.717) is 18.7 Å².